The lowest BCUT2D eigenvalue weighted by molar-refractivity contribution is 0.387. The highest BCUT2D eigenvalue weighted by molar-refractivity contribution is 5.78. The van der Waals surface area contributed by atoms with Crippen LogP contribution in [0.25, 0.3) is 11.0 Å². The normalized spacial score (nSPS) is 15.9. The highest BCUT2D eigenvalue weighted by Crippen LogP contribution is 2.37. The fraction of sp³-hybridized carbons (Fsp3) is 0.562. The van der Waals surface area contributed by atoms with E-state index in [0.29, 0.717) is 5.92 Å². The molecule has 1 saturated carbocycles. The Labute approximate surface area is 114 Å². The molecule has 3 nitrogen and oxygen atoms in total. The predicted octanol–water partition coefficient (Wildman–Crippen LogP) is 3.27. The van der Waals surface area contributed by atoms with E-state index in [9.17, 15) is 0 Å². The fourth-order valence-electron chi connectivity index (χ4n) is 2.86. The van der Waals surface area contributed by atoms with Gasteiger partial charge in [-0.1, -0.05) is 6.42 Å². The molecule has 2 aromatic rings. The minimum absolute atomic E-state index is 0.672. The van der Waals surface area contributed by atoms with E-state index >= 15 is 0 Å². The maximum Gasteiger partial charge on any atom is 0.112 e. The number of hydrogen-bond acceptors (Lipinski definition) is 2. The molecule has 0 unspecified atom stereocenters. The number of hydrogen-bond donors (Lipinski definition) is 1. The van der Waals surface area contributed by atoms with Gasteiger partial charge in [0, 0.05) is 12.5 Å². The van der Waals surface area contributed by atoms with E-state index in [1.54, 1.807) is 0 Å². The molecule has 1 aromatic heterocycles. The van der Waals surface area contributed by atoms with Gasteiger partial charge in [-0.05, 0) is 62.9 Å². The van der Waals surface area contributed by atoms with Gasteiger partial charge in [-0.2, -0.15) is 0 Å². The second-order valence-electron chi connectivity index (χ2n) is 5.82. The molecule has 3 rings (SSSR count). The molecular weight excluding hydrogens is 234 g/mol. The van der Waals surface area contributed by atoms with Gasteiger partial charge >= 0.3 is 0 Å². The number of aromatic nitrogens is 2. The second-order valence-corrected chi connectivity index (χ2v) is 5.82. The summed E-state index contributed by atoms with van der Waals surface area (Å²) < 4.78 is 2.42. The van der Waals surface area contributed by atoms with Crippen molar-refractivity contribution in [2.75, 3.05) is 6.54 Å². The molecular formula is C16H23N3. The van der Waals surface area contributed by atoms with Crippen molar-refractivity contribution in [2.45, 2.75) is 52.0 Å². The topological polar surface area (TPSA) is 43.8 Å². The predicted molar refractivity (Wildman–Crippen MR) is 79.5 cm³/mol. The van der Waals surface area contributed by atoms with E-state index in [4.69, 9.17) is 10.7 Å². The number of aryl methyl sites for hydroxylation is 3. The summed E-state index contributed by atoms with van der Waals surface area (Å²) in [7, 11) is 0. The van der Waals surface area contributed by atoms with Crippen molar-refractivity contribution in [1.82, 2.24) is 9.55 Å². The van der Waals surface area contributed by atoms with Crippen LogP contribution >= 0.6 is 0 Å². The maximum absolute atomic E-state index is 5.68. The standard InChI is InChI=1S/C16H23N3/c1-11-9-14-15(10-12(11)2)19(8-4-7-17)16(18-14)13-5-3-6-13/h9-10,13H,3-8,17H2,1-2H3. The average Bonchev–Trinajstić information content (AvgIpc) is 2.63. The fourth-order valence-corrected chi connectivity index (χ4v) is 2.86. The van der Waals surface area contributed by atoms with Gasteiger partial charge in [0.2, 0.25) is 0 Å². The van der Waals surface area contributed by atoms with Gasteiger partial charge in [0.1, 0.15) is 5.82 Å². The molecule has 102 valence electrons. The van der Waals surface area contributed by atoms with Crippen molar-refractivity contribution in [2.24, 2.45) is 5.73 Å². The van der Waals surface area contributed by atoms with Crippen molar-refractivity contribution in [3.8, 4) is 0 Å². The third kappa shape index (κ3) is 2.16. The number of benzene rings is 1. The summed E-state index contributed by atoms with van der Waals surface area (Å²) in [5.74, 6) is 1.96. The Balaban J connectivity index is 2.11. The lowest BCUT2D eigenvalue weighted by atomic mass is 9.85. The summed E-state index contributed by atoms with van der Waals surface area (Å²) in [5.41, 5.74) is 10.8. The van der Waals surface area contributed by atoms with Gasteiger partial charge in [-0.25, -0.2) is 4.98 Å². The van der Waals surface area contributed by atoms with Crippen molar-refractivity contribution >= 4 is 11.0 Å². The first-order chi connectivity index (χ1) is 9.20. The summed E-state index contributed by atoms with van der Waals surface area (Å²) in [4.78, 5) is 4.91. The van der Waals surface area contributed by atoms with Crippen molar-refractivity contribution in [3.05, 3.63) is 29.1 Å². The summed E-state index contributed by atoms with van der Waals surface area (Å²) in [5, 5.41) is 0. The first kappa shape index (κ1) is 12.7. The van der Waals surface area contributed by atoms with E-state index in [0.717, 1.165) is 25.0 Å². The van der Waals surface area contributed by atoms with E-state index in [1.165, 1.54) is 41.7 Å². The molecule has 0 bridgehead atoms. The Bertz CT molecular complexity index is 594. The summed E-state index contributed by atoms with van der Waals surface area (Å²) in [6.45, 7) is 6.09. The second kappa shape index (κ2) is 4.97. The zero-order valence-corrected chi connectivity index (χ0v) is 11.9. The zero-order chi connectivity index (χ0) is 13.4. The molecule has 1 aromatic carbocycles. The lowest BCUT2D eigenvalue weighted by Crippen LogP contribution is -2.16. The van der Waals surface area contributed by atoms with Crippen LogP contribution in [-0.2, 0) is 6.54 Å². The molecule has 2 N–H and O–H groups in total. The van der Waals surface area contributed by atoms with Gasteiger partial charge < -0.3 is 10.3 Å². The van der Waals surface area contributed by atoms with Gasteiger partial charge in [0.05, 0.1) is 11.0 Å². The molecule has 1 fully saturated rings. The molecule has 3 heteroatoms. The average molecular weight is 257 g/mol. The van der Waals surface area contributed by atoms with Crippen LogP contribution in [0.5, 0.6) is 0 Å². The molecule has 0 spiro atoms. The van der Waals surface area contributed by atoms with Crippen molar-refractivity contribution < 1.29 is 0 Å². The molecule has 1 heterocycles. The Morgan fingerprint density at radius 3 is 2.63 bits per heavy atom. The number of nitrogens with two attached hydrogens (primary N) is 1. The van der Waals surface area contributed by atoms with E-state index < -0.39 is 0 Å². The van der Waals surface area contributed by atoms with Gasteiger partial charge in [0.25, 0.3) is 0 Å². The quantitative estimate of drug-likeness (QED) is 0.913. The molecule has 0 amide bonds. The SMILES string of the molecule is Cc1cc2nc(C3CCC3)n(CCCN)c2cc1C. The molecule has 1 aliphatic rings. The smallest absolute Gasteiger partial charge is 0.112 e. The molecule has 0 atom stereocenters. The number of nitrogens with zero attached hydrogens (tertiary/aromatic N) is 2. The minimum atomic E-state index is 0.672. The number of imidazole rings is 1. The van der Waals surface area contributed by atoms with Gasteiger partial charge in [0.15, 0.2) is 0 Å². The van der Waals surface area contributed by atoms with E-state index in [-0.39, 0.29) is 0 Å². The van der Waals surface area contributed by atoms with Gasteiger partial charge in [-0.15, -0.1) is 0 Å². The van der Waals surface area contributed by atoms with Crippen molar-refractivity contribution in [1.29, 1.82) is 0 Å². The first-order valence-electron chi connectivity index (χ1n) is 7.38. The molecule has 0 aliphatic heterocycles. The van der Waals surface area contributed by atoms with E-state index in [2.05, 4.69) is 30.5 Å². The Kier molecular flexibility index (Phi) is 3.31. The lowest BCUT2D eigenvalue weighted by Gasteiger charge is -2.25. The third-order valence-corrected chi connectivity index (χ3v) is 4.45. The van der Waals surface area contributed by atoms with Crippen molar-refractivity contribution in [3.63, 3.8) is 0 Å². The Hall–Kier alpha value is -1.35. The third-order valence-electron chi connectivity index (χ3n) is 4.45. The largest absolute Gasteiger partial charge is 0.330 e. The van der Waals surface area contributed by atoms with Crippen LogP contribution in [0.1, 0.15) is 48.6 Å². The first-order valence-corrected chi connectivity index (χ1v) is 7.38. The summed E-state index contributed by atoms with van der Waals surface area (Å²) >= 11 is 0. The number of fused-ring (bicyclic) bond motifs is 1. The highest BCUT2D eigenvalue weighted by Gasteiger charge is 2.25. The molecule has 0 radical (unpaired) electrons. The molecule has 1 aliphatic carbocycles. The summed E-state index contributed by atoms with van der Waals surface area (Å²) in [6.07, 6.45) is 4.97. The Morgan fingerprint density at radius 1 is 1.26 bits per heavy atom. The van der Waals surface area contributed by atoms with Crippen LogP contribution in [0.2, 0.25) is 0 Å². The van der Waals surface area contributed by atoms with Gasteiger partial charge in [-0.3, -0.25) is 0 Å². The monoisotopic (exact) mass is 257 g/mol. The van der Waals surface area contributed by atoms with Crippen LogP contribution < -0.4 is 5.73 Å². The summed E-state index contributed by atoms with van der Waals surface area (Å²) in [6, 6.07) is 4.52. The molecule has 0 saturated heterocycles. The van der Waals surface area contributed by atoms with E-state index in [1.807, 2.05) is 0 Å². The van der Waals surface area contributed by atoms with Crippen LogP contribution in [-0.4, -0.2) is 16.1 Å². The van der Waals surface area contributed by atoms with Crippen LogP contribution in [0, 0.1) is 13.8 Å². The minimum Gasteiger partial charge on any atom is -0.330 e. The number of rotatable bonds is 4. The van der Waals surface area contributed by atoms with Crippen LogP contribution in [0.15, 0.2) is 12.1 Å². The highest BCUT2D eigenvalue weighted by atomic mass is 15.1. The van der Waals surface area contributed by atoms with Crippen LogP contribution in [0.3, 0.4) is 0 Å². The zero-order valence-electron chi connectivity index (χ0n) is 11.9. The van der Waals surface area contributed by atoms with Crippen LogP contribution in [0.4, 0.5) is 0 Å². The maximum atomic E-state index is 5.68. The Morgan fingerprint density at radius 2 is 2.00 bits per heavy atom. The molecule has 19 heavy (non-hydrogen) atoms.